The highest BCUT2D eigenvalue weighted by Gasteiger charge is 2.63. The van der Waals surface area contributed by atoms with Crippen LogP contribution in [0.4, 0.5) is 5.82 Å². The Bertz CT molecular complexity index is 941. The second-order valence-corrected chi connectivity index (χ2v) is 8.64. The largest absolute Gasteiger partial charge is 0.369 e. The Morgan fingerprint density at radius 1 is 1.41 bits per heavy atom. The lowest BCUT2D eigenvalue weighted by atomic mass is 9.73. The summed E-state index contributed by atoms with van der Waals surface area (Å²) in [7, 11) is 0. The zero-order chi connectivity index (χ0) is 20.0. The van der Waals surface area contributed by atoms with Gasteiger partial charge in [-0.05, 0) is 49.6 Å². The Labute approximate surface area is 171 Å². The van der Waals surface area contributed by atoms with Crippen LogP contribution in [0.5, 0.6) is 0 Å². The van der Waals surface area contributed by atoms with E-state index in [9.17, 15) is 4.79 Å². The summed E-state index contributed by atoms with van der Waals surface area (Å²) in [5, 5.41) is 3.17. The summed E-state index contributed by atoms with van der Waals surface area (Å²) in [4.78, 5) is 19.6. The van der Waals surface area contributed by atoms with Crippen LogP contribution >= 0.6 is 0 Å². The molecular formula is C24H27N3O2. The number of carbonyl (C=O) groups is 1. The van der Waals surface area contributed by atoms with Crippen LogP contribution in [0, 0.1) is 18.8 Å². The molecule has 4 atom stereocenters. The molecule has 0 unspecified atom stereocenters. The summed E-state index contributed by atoms with van der Waals surface area (Å²) in [6.45, 7) is 8.29. The molecular weight excluding hydrogens is 362 g/mol. The summed E-state index contributed by atoms with van der Waals surface area (Å²) < 4.78 is 6.51. The van der Waals surface area contributed by atoms with E-state index in [1.165, 1.54) is 0 Å². The van der Waals surface area contributed by atoms with Crippen molar-refractivity contribution in [3.8, 4) is 0 Å². The number of nitrogens with zero attached hydrogens (tertiary/aromatic N) is 2. The molecule has 1 spiro atoms. The molecule has 4 heterocycles. The van der Waals surface area contributed by atoms with Gasteiger partial charge in [0, 0.05) is 43.2 Å². The van der Waals surface area contributed by atoms with E-state index in [-0.39, 0.29) is 17.6 Å². The van der Waals surface area contributed by atoms with Gasteiger partial charge in [-0.1, -0.05) is 30.4 Å². The van der Waals surface area contributed by atoms with E-state index < -0.39 is 0 Å². The van der Waals surface area contributed by atoms with Crippen molar-refractivity contribution in [2.45, 2.75) is 31.5 Å². The van der Waals surface area contributed by atoms with Crippen molar-refractivity contribution < 1.29 is 9.53 Å². The van der Waals surface area contributed by atoms with Crippen molar-refractivity contribution in [2.75, 3.05) is 24.5 Å². The maximum absolute atomic E-state index is 12.6. The molecule has 3 aliphatic rings. The lowest BCUT2D eigenvalue weighted by Gasteiger charge is -2.29. The van der Waals surface area contributed by atoms with Crippen LogP contribution < -0.4 is 10.2 Å². The van der Waals surface area contributed by atoms with Gasteiger partial charge in [-0.15, -0.1) is 0 Å². The average Bonchev–Trinajstić information content (AvgIpc) is 3.41. The van der Waals surface area contributed by atoms with Gasteiger partial charge in [0.2, 0.25) is 0 Å². The first-order valence-electron chi connectivity index (χ1n) is 10.4. The van der Waals surface area contributed by atoms with Crippen LogP contribution in [-0.4, -0.2) is 42.2 Å². The van der Waals surface area contributed by atoms with Crippen molar-refractivity contribution in [2.24, 2.45) is 11.8 Å². The molecule has 0 aliphatic carbocycles. The number of amides is 1. The van der Waals surface area contributed by atoms with E-state index in [0.717, 1.165) is 48.4 Å². The second-order valence-electron chi connectivity index (χ2n) is 8.64. The molecule has 5 nitrogen and oxygen atoms in total. The fourth-order valence-electron chi connectivity index (χ4n) is 5.44. The molecule has 2 bridgehead atoms. The van der Waals surface area contributed by atoms with E-state index in [0.29, 0.717) is 18.4 Å². The maximum Gasteiger partial charge on any atom is 0.251 e. The fourth-order valence-corrected chi connectivity index (χ4v) is 5.44. The number of hydrogen-bond acceptors (Lipinski definition) is 4. The van der Waals surface area contributed by atoms with Crippen molar-refractivity contribution in [3.05, 3.63) is 65.9 Å². The van der Waals surface area contributed by atoms with Gasteiger partial charge >= 0.3 is 0 Å². The third-order valence-corrected chi connectivity index (χ3v) is 6.89. The monoisotopic (exact) mass is 389 g/mol. The minimum Gasteiger partial charge on any atom is -0.369 e. The normalized spacial score (nSPS) is 29.7. The average molecular weight is 389 g/mol. The minimum absolute atomic E-state index is 0.00190. The summed E-state index contributed by atoms with van der Waals surface area (Å²) in [6.07, 6.45) is 6.12. The van der Waals surface area contributed by atoms with Gasteiger partial charge in [0.05, 0.1) is 11.7 Å². The van der Waals surface area contributed by atoms with Gasteiger partial charge in [0.1, 0.15) is 5.82 Å². The van der Waals surface area contributed by atoms with Gasteiger partial charge in [-0.2, -0.15) is 0 Å². The Kier molecular flexibility index (Phi) is 4.43. The SMILES string of the molecule is C=Cc1ccc(N2C[C@@H]3[C@H](CNC(=O)c4cccc(C)c4)[C@H]4CC[C@]3(C2)O4)nc1. The molecule has 1 aromatic heterocycles. The molecule has 29 heavy (non-hydrogen) atoms. The van der Waals surface area contributed by atoms with Crippen molar-refractivity contribution in [3.63, 3.8) is 0 Å². The van der Waals surface area contributed by atoms with Crippen LogP contribution in [-0.2, 0) is 4.74 Å². The molecule has 1 aromatic carbocycles. The van der Waals surface area contributed by atoms with Crippen molar-refractivity contribution >= 4 is 17.8 Å². The highest BCUT2D eigenvalue weighted by atomic mass is 16.5. The van der Waals surface area contributed by atoms with Crippen LogP contribution in [0.15, 0.2) is 49.2 Å². The number of fused-ring (bicyclic) bond motifs is 1. The van der Waals surface area contributed by atoms with E-state index >= 15 is 0 Å². The molecule has 0 radical (unpaired) electrons. The summed E-state index contributed by atoms with van der Waals surface area (Å²) in [5.74, 6) is 1.78. The first kappa shape index (κ1) is 18.4. The first-order valence-corrected chi connectivity index (χ1v) is 10.4. The van der Waals surface area contributed by atoms with Crippen molar-refractivity contribution in [1.82, 2.24) is 10.3 Å². The Morgan fingerprint density at radius 2 is 2.31 bits per heavy atom. The summed E-state index contributed by atoms with van der Waals surface area (Å²) in [5.41, 5.74) is 2.77. The molecule has 1 amide bonds. The number of hydrogen-bond donors (Lipinski definition) is 1. The lowest BCUT2D eigenvalue weighted by Crippen LogP contribution is -2.41. The van der Waals surface area contributed by atoms with Gasteiger partial charge < -0.3 is 15.0 Å². The van der Waals surface area contributed by atoms with Crippen LogP contribution in [0.2, 0.25) is 0 Å². The number of nitrogens with one attached hydrogen (secondary N) is 1. The number of ether oxygens (including phenoxy) is 1. The topological polar surface area (TPSA) is 54.5 Å². The number of aryl methyl sites for hydroxylation is 1. The predicted molar refractivity (Wildman–Crippen MR) is 114 cm³/mol. The highest BCUT2D eigenvalue weighted by molar-refractivity contribution is 5.94. The van der Waals surface area contributed by atoms with Crippen LogP contribution in [0.1, 0.15) is 34.3 Å². The molecule has 3 fully saturated rings. The molecule has 0 saturated carbocycles. The third kappa shape index (κ3) is 3.14. The van der Waals surface area contributed by atoms with Gasteiger partial charge in [-0.25, -0.2) is 4.98 Å². The van der Waals surface area contributed by atoms with E-state index in [1.54, 1.807) is 0 Å². The van der Waals surface area contributed by atoms with Crippen molar-refractivity contribution in [1.29, 1.82) is 0 Å². The fraction of sp³-hybridized carbons (Fsp3) is 0.417. The smallest absolute Gasteiger partial charge is 0.251 e. The number of pyridine rings is 1. The molecule has 3 aliphatic heterocycles. The second kappa shape index (κ2) is 6.99. The minimum atomic E-state index is -0.0812. The number of carbonyl (C=O) groups excluding carboxylic acids is 1. The number of benzene rings is 1. The number of rotatable bonds is 5. The Balaban J connectivity index is 1.29. The van der Waals surface area contributed by atoms with Gasteiger partial charge in [-0.3, -0.25) is 4.79 Å². The Hall–Kier alpha value is -2.66. The Morgan fingerprint density at radius 3 is 3.07 bits per heavy atom. The first-order chi connectivity index (χ1) is 14.1. The van der Waals surface area contributed by atoms with E-state index in [4.69, 9.17) is 4.74 Å². The zero-order valence-electron chi connectivity index (χ0n) is 16.8. The van der Waals surface area contributed by atoms with Gasteiger partial charge in [0.15, 0.2) is 0 Å². The van der Waals surface area contributed by atoms with E-state index in [2.05, 4.69) is 33.9 Å². The molecule has 5 heteroatoms. The highest BCUT2D eigenvalue weighted by Crippen LogP contribution is 2.55. The van der Waals surface area contributed by atoms with Gasteiger partial charge in [0.25, 0.3) is 5.91 Å². The van der Waals surface area contributed by atoms with Crippen LogP contribution in [0.3, 0.4) is 0 Å². The third-order valence-electron chi connectivity index (χ3n) is 6.89. The standard InChI is InChI=1S/C24H27N3O2/c1-3-17-7-8-22(25-12-17)27-14-20-19(21-9-10-24(20,15-27)29-21)13-26-23(28)18-6-4-5-16(2)11-18/h3-8,11-12,19-21H,1,9-10,13-15H2,2H3,(H,26,28)/t19-,20+,21+,24+/m0/s1. The predicted octanol–water partition coefficient (Wildman–Crippen LogP) is 3.45. The molecule has 5 rings (SSSR count). The molecule has 150 valence electrons. The maximum atomic E-state index is 12.6. The quantitative estimate of drug-likeness (QED) is 0.851. The van der Waals surface area contributed by atoms with E-state index in [1.807, 2.05) is 43.5 Å². The summed E-state index contributed by atoms with van der Waals surface area (Å²) >= 11 is 0. The molecule has 1 N–H and O–H groups in total. The lowest BCUT2D eigenvalue weighted by molar-refractivity contribution is 0.0141. The molecule has 3 saturated heterocycles. The summed E-state index contributed by atoms with van der Waals surface area (Å²) in [6, 6.07) is 11.9. The molecule has 2 aromatic rings. The van der Waals surface area contributed by atoms with Crippen LogP contribution in [0.25, 0.3) is 6.08 Å². The number of anilines is 1. The zero-order valence-corrected chi connectivity index (χ0v) is 16.8. The number of aromatic nitrogens is 1.